The SMILES string of the molecule is CN(CCC(=O)Nc1ccccc1)Cc1ccco1. The highest BCUT2D eigenvalue weighted by Gasteiger charge is 2.06. The fourth-order valence-electron chi connectivity index (χ4n) is 1.79. The minimum Gasteiger partial charge on any atom is -0.468 e. The molecule has 1 heterocycles. The summed E-state index contributed by atoms with van der Waals surface area (Å²) in [6.45, 7) is 1.41. The lowest BCUT2D eigenvalue weighted by Crippen LogP contribution is -2.23. The molecule has 0 bridgehead atoms. The van der Waals surface area contributed by atoms with E-state index in [1.165, 1.54) is 0 Å². The van der Waals surface area contributed by atoms with E-state index in [2.05, 4.69) is 10.2 Å². The Bertz CT molecular complexity index is 494. The van der Waals surface area contributed by atoms with Crippen LogP contribution >= 0.6 is 0 Å². The van der Waals surface area contributed by atoms with Crippen molar-refractivity contribution in [3.63, 3.8) is 0 Å². The molecule has 2 rings (SSSR count). The number of nitrogens with zero attached hydrogens (tertiary/aromatic N) is 1. The molecule has 100 valence electrons. The molecule has 4 nitrogen and oxygen atoms in total. The Morgan fingerprint density at radius 2 is 2.00 bits per heavy atom. The van der Waals surface area contributed by atoms with Crippen LogP contribution < -0.4 is 5.32 Å². The van der Waals surface area contributed by atoms with Crippen LogP contribution in [0.5, 0.6) is 0 Å². The summed E-state index contributed by atoms with van der Waals surface area (Å²) in [6, 6.07) is 13.3. The summed E-state index contributed by atoms with van der Waals surface area (Å²) in [6.07, 6.45) is 2.12. The first-order valence-electron chi connectivity index (χ1n) is 6.30. The van der Waals surface area contributed by atoms with Gasteiger partial charge in [-0.25, -0.2) is 0 Å². The second-order valence-electron chi connectivity index (χ2n) is 4.48. The van der Waals surface area contributed by atoms with Crippen molar-refractivity contribution in [1.82, 2.24) is 4.90 Å². The van der Waals surface area contributed by atoms with Crippen molar-refractivity contribution in [2.75, 3.05) is 18.9 Å². The fraction of sp³-hybridized carbons (Fsp3) is 0.267. The Balaban J connectivity index is 1.71. The van der Waals surface area contributed by atoms with Crippen LogP contribution in [-0.4, -0.2) is 24.4 Å². The lowest BCUT2D eigenvalue weighted by Gasteiger charge is -2.14. The number of benzene rings is 1. The maximum absolute atomic E-state index is 11.8. The van der Waals surface area contributed by atoms with Gasteiger partial charge in [0.05, 0.1) is 12.8 Å². The normalized spacial score (nSPS) is 10.6. The van der Waals surface area contributed by atoms with Crippen molar-refractivity contribution in [3.8, 4) is 0 Å². The van der Waals surface area contributed by atoms with Crippen molar-refractivity contribution in [2.24, 2.45) is 0 Å². The van der Waals surface area contributed by atoms with Crippen LogP contribution in [0, 0.1) is 0 Å². The zero-order valence-corrected chi connectivity index (χ0v) is 11.0. The summed E-state index contributed by atoms with van der Waals surface area (Å²) < 4.78 is 5.26. The van der Waals surface area contributed by atoms with Crippen LogP contribution in [0.3, 0.4) is 0 Å². The van der Waals surface area contributed by atoms with E-state index in [1.807, 2.05) is 49.5 Å². The number of carbonyl (C=O) groups is 1. The Labute approximate surface area is 113 Å². The van der Waals surface area contributed by atoms with Gasteiger partial charge in [0, 0.05) is 18.7 Å². The van der Waals surface area contributed by atoms with Crippen molar-refractivity contribution in [3.05, 3.63) is 54.5 Å². The Morgan fingerprint density at radius 1 is 1.21 bits per heavy atom. The molecule has 0 spiro atoms. The van der Waals surface area contributed by atoms with Gasteiger partial charge in [-0.2, -0.15) is 0 Å². The molecule has 0 saturated carbocycles. The third-order valence-electron chi connectivity index (χ3n) is 2.78. The number of hydrogen-bond donors (Lipinski definition) is 1. The average Bonchev–Trinajstić information content (AvgIpc) is 2.90. The minimum atomic E-state index is 0.0255. The van der Waals surface area contributed by atoms with Crippen LogP contribution in [0.2, 0.25) is 0 Å². The van der Waals surface area contributed by atoms with Gasteiger partial charge in [0.25, 0.3) is 0 Å². The standard InChI is InChI=1S/C15H18N2O2/c1-17(12-14-8-5-11-19-14)10-9-15(18)16-13-6-3-2-4-7-13/h2-8,11H,9-10,12H2,1H3,(H,16,18). The second kappa shape index (κ2) is 6.75. The third kappa shape index (κ3) is 4.60. The molecule has 0 atom stereocenters. The van der Waals surface area contributed by atoms with Gasteiger partial charge < -0.3 is 9.73 Å². The highest BCUT2D eigenvalue weighted by Crippen LogP contribution is 2.07. The molecule has 1 N–H and O–H groups in total. The minimum absolute atomic E-state index is 0.0255. The Morgan fingerprint density at radius 3 is 2.68 bits per heavy atom. The van der Waals surface area contributed by atoms with Crippen molar-refractivity contribution in [2.45, 2.75) is 13.0 Å². The van der Waals surface area contributed by atoms with Gasteiger partial charge in [-0.15, -0.1) is 0 Å². The predicted octanol–water partition coefficient (Wildman–Crippen LogP) is 2.74. The number of amides is 1. The molecule has 1 aromatic carbocycles. The molecule has 19 heavy (non-hydrogen) atoms. The summed E-state index contributed by atoms with van der Waals surface area (Å²) in [7, 11) is 1.97. The van der Waals surface area contributed by atoms with E-state index in [4.69, 9.17) is 4.42 Å². The molecule has 1 aromatic heterocycles. The van der Waals surface area contributed by atoms with E-state index >= 15 is 0 Å². The van der Waals surface area contributed by atoms with E-state index in [-0.39, 0.29) is 5.91 Å². The highest BCUT2D eigenvalue weighted by atomic mass is 16.3. The molecule has 0 saturated heterocycles. The first kappa shape index (κ1) is 13.4. The molecule has 1 amide bonds. The van der Waals surface area contributed by atoms with Crippen molar-refractivity contribution in [1.29, 1.82) is 0 Å². The molecule has 0 aliphatic rings. The number of carbonyl (C=O) groups excluding carboxylic acids is 1. The molecule has 4 heteroatoms. The van der Waals surface area contributed by atoms with Gasteiger partial charge in [0.2, 0.25) is 5.91 Å². The van der Waals surface area contributed by atoms with E-state index in [0.717, 1.165) is 11.4 Å². The van der Waals surface area contributed by atoms with Crippen molar-refractivity contribution >= 4 is 11.6 Å². The van der Waals surface area contributed by atoms with Gasteiger partial charge in [0.15, 0.2) is 0 Å². The summed E-state index contributed by atoms with van der Waals surface area (Å²) in [4.78, 5) is 13.8. The summed E-state index contributed by atoms with van der Waals surface area (Å²) >= 11 is 0. The number of hydrogen-bond acceptors (Lipinski definition) is 3. The van der Waals surface area contributed by atoms with Crippen LogP contribution in [0.25, 0.3) is 0 Å². The summed E-state index contributed by atoms with van der Waals surface area (Å²) in [5.74, 6) is 0.934. The smallest absolute Gasteiger partial charge is 0.225 e. The largest absolute Gasteiger partial charge is 0.468 e. The molecule has 0 unspecified atom stereocenters. The van der Waals surface area contributed by atoms with Gasteiger partial charge in [-0.05, 0) is 31.3 Å². The maximum atomic E-state index is 11.8. The predicted molar refractivity (Wildman–Crippen MR) is 74.7 cm³/mol. The molecular formula is C15H18N2O2. The monoisotopic (exact) mass is 258 g/mol. The molecule has 0 radical (unpaired) electrons. The molecule has 0 fully saturated rings. The Hall–Kier alpha value is -2.07. The molecular weight excluding hydrogens is 240 g/mol. The topological polar surface area (TPSA) is 45.5 Å². The zero-order valence-electron chi connectivity index (χ0n) is 11.0. The van der Waals surface area contributed by atoms with E-state index < -0.39 is 0 Å². The average molecular weight is 258 g/mol. The number of rotatable bonds is 6. The first-order valence-corrected chi connectivity index (χ1v) is 6.30. The van der Waals surface area contributed by atoms with Gasteiger partial charge in [-0.3, -0.25) is 9.69 Å². The fourth-order valence-corrected chi connectivity index (χ4v) is 1.79. The lowest BCUT2D eigenvalue weighted by atomic mass is 10.3. The van der Waals surface area contributed by atoms with E-state index in [0.29, 0.717) is 19.5 Å². The zero-order chi connectivity index (χ0) is 13.5. The quantitative estimate of drug-likeness (QED) is 0.866. The highest BCUT2D eigenvalue weighted by molar-refractivity contribution is 5.90. The van der Waals surface area contributed by atoms with E-state index in [1.54, 1.807) is 6.26 Å². The number of furan rings is 1. The van der Waals surface area contributed by atoms with Crippen molar-refractivity contribution < 1.29 is 9.21 Å². The number of anilines is 1. The molecule has 2 aromatic rings. The number of nitrogens with one attached hydrogen (secondary N) is 1. The van der Waals surface area contributed by atoms with Crippen LogP contribution in [0.4, 0.5) is 5.69 Å². The Kier molecular flexibility index (Phi) is 4.75. The van der Waals surface area contributed by atoms with Crippen LogP contribution in [-0.2, 0) is 11.3 Å². The van der Waals surface area contributed by atoms with Gasteiger partial charge >= 0.3 is 0 Å². The second-order valence-corrected chi connectivity index (χ2v) is 4.48. The third-order valence-corrected chi connectivity index (χ3v) is 2.78. The number of para-hydroxylation sites is 1. The summed E-state index contributed by atoms with van der Waals surface area (Å²) in [5, 5.41) is 2.87. The molecule has 0 aliphatic carbocycles. The maximum Gasteiger partial charge on any atom is 0.225 e. The summed E-state index contributed by atoms with van der Waals surface area (Å²) in [5.41, 5.74) is 0.834. The van der Waals surface area contributed by atoms with Crippen LogP contribution in [0.1, 0.15) is 12.2 Å². The first-order chi connectivity index (χ1) is 9.24. The molecule has 0 aliphatic heterocycles. The van der Waals surface area contributed by atoms with Gasteiger partial charge in [-0.1, -0.05) is 18.2 Å². The van der Waals surface area contributed by atoms with E-state index in [9.17, 15) is 4.79 Å². The lowest BCUT2D eigenvalue weighted by molar-refractivity contribution is -0.116. The van der Waals surface area contributed by atoms with Gasteiger partial charge in [0.1, 0.15) is 5.76 Å². The van der Waals surface area contributed by atoms with Crippen LogP contribution in [0.15, 0.2) is 53.1 Å².